The molecule has 0 radical (unpaired) electrons. The van der Waals surface area contributed by atoms with Crippen molar-refractivity contribution in [3.05, 3.63) is 54.6 Å². The molecule has 0 spiro atoms. The van der Waals surface area contributed by atoms with Gasteiger partial charge in [0.05, 0.1) is 0 Å². The van der Waals surface area contributed by atoms with E-state index in [1.54, 1.807) is 18.2 Å². The predicted molar refractivity (Wildman–Crippen MR) is 89.3 cm³/mol. The second-order valence-electron chi connectivity index (χ2n) is 5.02. The molecule has 4 N–H and O–H groups in total. The Kier molecular flexibility index (Phi) is 3.92. The molecular formula is C16H13N3O4S. The molecule has 0 amide bonds. The Labute approximate surface area is 137 Å². The largest absolute Gasteiger partial charge is 0.506 e. The third-order valence-corrected chi connectivity index (χ3v) is 4.36. The molecule has 0 aromatic heterocycles. The molecule has 122 valence electrons. The van der Waals surface area contributed by atoms with Gasteiger partial charge in [0.1, 0.15) is 22.0 Å². The van der Waals surface area contributed by atoms with Gasteiger partial charge in [-0.1, -0.05) is 36.4 Å². The first-order chi connectivity index (χ1) is 11.4. The SMILES string of the molecule is NS(=O)(=O)c1cccc(N=Nc2c(O)ccc3ccccc23)c1O. The van der Waals surface area contributed by atoms with Gasteiger partial charge in [-0.15, -0.1) is 10.2 Å². The Morgan fingerprint density at radius 1 is 0.875 bits per heavy atom. The Balaban J connectivity index is 2.12. The number of phenolic OH excluding ortho intramolecular Hbond substituents is 2. The van der Waals surface area contributed by atoms with Crippen LogP contribution in [0.25, 0.3) is 10.8 Å². The smallest absolute Gasteiger partial charge is 0.241 e. The molecule has 0 heterocycles. The normalized spacial score (nSPS) is 12.0. The molecule has 0 unspecified atom stereocenters. The van der Waals surface area contributed by atoms with Crippen LogP contribution < -0.4 is 5.14 Å². The first-order valence-electron chi connectivity index (χ1n) is 6.85. The molecule has 0 saturated heterocycles. The number of para-hydroxylation sites is 1. The van der Waals surface area contributed by atoms with Crippen LogP contribution in [0.15, 0.2) is 69.7 Å². The van der Waals surface area contributed by atoms with E-state index in [1.165, 1.54) is 24.3 Å². The number of nitrogens with zero attached hydrogens (tertiary/aromatic N) is 2. The van der Waals surface area contributed by atoms with Gasteiger partial charge in [-0.3, -0.25) is 0 Å². The minimum Gasteiger partial charge on any atom is -0.506 e. The highest BCUT2D eigenvalue weighted by Gasteiger charge is 2.16. The summed E-state index contributed by atoms with van der Waals surface area (Å²) in [5.41, 5.74) is 0.141. The van der Waals surface area contributed by atoms with Crippen molar-refractivity contribution < 1.29 is 18.6 Å². The first kappa shape index (κ1) is 15.9. The number of rotatable bonds is 3. The maximum Gasteiger partial charge on any atom is 0.241 e. The molecule has 0 aliphatic rings. The number of sulfonamides is 1. The minimum absolute atomic E-state index is 0.0751. The molecule has 8 heteroatoms. The molecule has 3 aromatic rings. The van der Waals surface area contributed by atoms with Gasteiger partial charge in [0, 0.05) is 5.39 Å². The van der Waals surface area contributed by atoms with Crippen molar-refractivity contribution in [1.82, 2.24) is 0 Å². The summed E-state index contributed by atoms with van der Waals surface area (Å²) in [7, 11) is -4.08. The highest BCUT2D eigenvalue weighted by Crippen LogP contribution is 2.38. The van der Waals surface area contributed by atoms with Gasteiger partial charge >= 0.3 is 0 Å². The topological polar surface area (TPSA) is 125 Å². The van der Waals surface area contributed by atoms with Gasteiger partial charge < -0.3 is 10.2 Å². The Morgan fingerprint density at radius 2 is 1.62 bits per heavy atom. The number of azo groups is 1. The minimum atomic E-state index is -4.08. The summed E-state index contributed by atoms with van der Waals surface area (Å²) in [6, 6.07) is 14.4. The van der Waals surface area contributed by atoms with Crippen molar-refractivity contribution in [2.24, 2.45) is 15.4 Å². The molecule has 7 nitrogen and oxygen atoms in total. The van der Waals surface area contributed by atoms with Gasteiger partial charge in [0.2, 0.25) is 10.0 Å². The Hall–Kier alpha value is -2.97. The van der Waals surface area contributed by atoms with Crippen LogP contribution in [0.5, 0.6) is 11.5 Å². The van der Waals surface area contributed by atoms with E-state index in [9.17, 15) is 18.6 Å². The Bertz CT molecular complexity index is 1060. The second kappa shape index (κ2) is 5.91. The molecule has 3 aromatic carbocycles. The quantitative estimate of drug-likeness (QED) is 0.631. The van der Waals surface area contributed by atoms with Crippen LogP contribution >= 0.6 is 0 Å². The van der Waals surface area contributed by atoms with Gasteiger partial charge in [-0.05, 0) is 23.6 Å². The van der Waals surface area contributed by atoms with Crippen molar-refractivity contribution in [3.8, 4) is 11.5 Å². The summed E-state index contributed by atoms with van der Waals surface area (Å²) >= 11 is 0. The number of hydrogen-bond acceptors (Lipinski definition) is 6. The fourth-order valence-electron chi connectivity index (χ4n) is 2.27. The zero-order chi connectivity index (χ0) is 17.3. The lowest BCUT2D eigenvalue weighted by Crippen LogP contribution is -2.12. The van der Waals surface area contributed by atoms with E-state index in [0.717, 1.165) is 5.39 Å². The molecule has 0 atom stereocenters. The van der Waals surface area contributed by atoms with E-state index >= 15 is 0 Å². The molecule has 24 heavy (non-hydrogen) atoms. The van der Waals surface area contributed by atoms with E-state index in [1.807, 2.05) is 12.1 Å². The van der Waals surface area contributed by atoms with Gasteiger partial charge in [-0.25, -0.2) is 13.6 Å². The molecular weight excluding hydrogens is 330 g/mol. The molecule has 0 bridgehead atoms. The van der Waals surface area contributed by atoms with Gasteiger partial charge in [-0.2, -0.15) is 0 Å². The summed E-state index contributed by atoms with van der Waals surface area (Å²) in [4.78, 5) is -0.443. The lowest BCUT2D eigenvalue weighted by Gasteiger charge is -2.05. The maximum absolute atomic E-state index is 11.4. The monoisotopic (exact) mass is 343 g/mol. The number of phenols is 2. The van der Waals surface area contributed by atoms with Gasteiger partial charge in [0.25, 0.3) is 0 Å². The number of fused-ring (bicyclic) bond motifs is 1. The zero-order valence-corrected chi connectivity index (χ0v) is 13.1. The van der Waals surface area contributed by atoms with Gasteiger partial charge in [0.15, 0.2) is 5.75 Å². The number of aromatic hydroxyl groups is 2. The second-order valence-corrected chi connectivity index (χ2v) is 6.55. The third kappa shape index (κ3) is 2.92. The summed E-state index contributed by atoms with van der Waals surface area (Å²) in [6.07, 6.45) is 0. The third-order valence-electron chi connectivity index (χ3n) is 3.42. The van der Waals surface area contributed by atoms with E-state index < -0.39 is 20.7 Å². The number of benzene rings is 3. The van der Waals surface area contributed by atoms with E-state index in [0.29, 0.717) is 5.39 Å². The number of primary sulfonamides is 1. The Morgan fingerprint density at radius 3 is 2.38 bits per heavy atom. The van der Waals surface area contributed by atoms with E-state index in [-0.39, 0.29) is 17.1 Å². The average Bonchev–Trinajstić information content (AvgIpc) is 2.54. The first-order valence-corrected chi connectivity index (χ1v) is 8.40. The van der Waals surface area contributed by atoms with Crippen molar-refractivity contribution in [3.63, 3.8) is 0 Å². The highest BCUT2D eigenvalue weighted by molar-refractivity contribution is 7.89. The van der Waals surface area contributed by atoms with Crippen molar-refractivity contribution in [1.29, 1.82) is 0 Å². The maximum atomic E-state index is 11.4. The van der Waals surface area contributed by atoms with Crippen molar-refractivity contribution in [2.75, 3.05) is 0 Å². The fourth-order valence-corrected chi connectivity index (χ4v) is 2.92. The summed E-state index contributed by atoms with van der Waals surface area (Å²) in [6.45, 7) is 0. The van der Waals surface area contributed by atoms with Crippen LogP contribution in [0.2, 0.25) is 0 Å². The number of hydrogen-bond donors (Lipinski definition) is 3. The van der Waals surface area contributed by atoms with Crippen LogP contribution in [-0.2, 0) is 10.0 Å². The lowest BCUT2D eigenvalue weighted by atomic mass is 10.1. The standard InChI is InChI=1S/C16H13N3O4S/c17-24(22,23)14-7-3-6-12(16(14)21)18-19-15-11-5-2-1-4-10(11)8-9-13(15)20/h1-9,20-21H,(H2,17,22,23). The predicted octanol–water partition coefficient (Wildman–Crippen LogP) is 3.31. The fraction of sp³-hybridized carbons (Fsp3) is 0. The van der Waals surface area contributed by atoms with E-state index in [4.69, 9.17) is 5.14 Å². The average molecular weight is 343 g/mol. The van der Waals surface area contributed by atoms with Crippen LogP contribution in [0.1, 0.15) is 0 Å². The van der Waals surface area contributed by atoms with Crippen LogP contribution in [0, 0.1) is 0 Å². The number of nitrogens with two attached hydrogens (primary N) is 1. The van der Waals surface area contributed by atoms with Crippen molar-refractivity contribution in [2.45, 2.75) is 4.90 Å². The van der Waals surface area contributed by atoms with Crippen LogP contribution in [0.3, 0.4) is 0 Å². The highest BCUT2D eigenvalue weighted by atomic mass is 32.2. The van der Waals surface area contributed by atoms with E-state index in [2.05, 4.69) is 10.2 Å². The molecule has 3 rings (SSSR count). The van der Waals surface area contributed by atoms with Crippen molar-refractivity contribution >= 4 is 32.2 Å². The zero-order valence-electron chi connectivity index (χ0n) is 12.3. The molecule has 0 aliphatic carbocycles. The summed E-state index contributed by atoms with van der Waals surface area (Å²) in [5, 5.41) is 34.4. The molecule has 0 fully saturated rings. The molecule has 0 aliphatic heterocycles. The van der Waals surface area contributed by atoms with Crippen LogP contribution in [-0.4, -0.2) is 18.6 Å². The summed E-state index contributed by atoms with van der Waals surface area (Å²) in [5.74, 6) is -0.678. The lowest BCUT2D eigenvalue weighted by molar-refractivity contribution is 0.459. The summed E-state index contributed by atoms with van der Waals surface area (Å²) < 4.78 is 22.8. The van der Waals surface area contributed by atoms with Crippen LogP contribution in [0.4, 0.5) is 11.4 Å². The molecule has 0 saturated carbocycles.